The number of hydrogen-bond acceptors (Lipinski definition) is 8. The first-order valence-electron chi connectivity index (χ1n) is 14.0. The Morgan fingerprint density at radius 3 is 2.48 bits per heavy atom. The van der Waals surface area contributed by atoms with Gasteiger partial charge in [-0.15, -0.1) is 5.10 Å². The van der Waals surface area contributed by atoms with E-state index in [2.05, 4.69) is 68.9 Å². The molecule has 1 fully saturated rings. The lowest BCUT2D eigenvalue weighted by atomic mass is 10.1. The third-order valence-electron chi connectivity index (χ3n) is 7.33. The van der Waals surface area contributed by atoms with E-state index in [1.807, 2.05) is 49.3 Å². The van der Waals surface area contributed by atoms with Crippen molar-refractivity contribution in [2.45, 2.75) is 59.9 Å². The summed E-state index contributed by atoms with van der Waals surface area (Å²) < 4.78 is 3.62. The molecule has 0 amide bonds. The number of Topliss-reactive ketones (excluding diaryl/α,β-unsaturated/α-hetero) is 1. The molecule has 40 heavy (non-hydrogen) atoms. The van der Waals surface area contributed by atoms with Gasteiger partial charge in [-0.3, -0.25) is 24.3 Å². The van der Waals surface area contributed by atoms with Gasteiger partial charge in [0.2, 0.25) is 0 Å². The topological polar surface area (TPSA) is 97.9 Å². The van der Waals surface area contributed by atoms with Crippen LogP contribution in [-0.2, 0) is 12.0 Å². The molecule has 0 N–H and O–H groups in total. The molecule has 1 aliphatic heterocycles. The molecule has 5 rings (SSSR count). The highest BCUT2D eigenvalue weighted by molar-refractivity contribution is 5.95. The molecule has 10 heteroatoms. The van der Waals surface area contributed by atoms with Gasteiger partial charge in [0.1, 0.15) is 11.4 Å². The normalized spacial score (nSPS) is 14.6. The summed E-state index contributed by atoms with van der Waals surface area (Å²) in [6, 6.07) is 5.94. The summed E-state index contributed by atoms with van der Waals surface area (Å²) >= 11 is 0. The van der Waals surface area contributed by atoms with Crippen LogP contribution < -0.4 is 4.90 Å². The second-order valence-electron chi connectivity index (χ2n) is 11.6. The maximum atomic E-state index is 13.1. The van der Waals surface area contributed by atoms with E-state index in [1.54, 1.807) is 10.9 Å². The Hall–Kier alpha value is -3.92. The first-order valence-corrected chi connectivity index (χ1v) is 14.0. The van der Waals surface area contributed by atoms with Crippen molar-refractivity contribution in [2.75, 3.05) is 37.6 Å². The number of ketones is 1. The van der Waals surface area contributed by atoms with Crippen molar-refractivity contribution >= 4 is 11.5 Å². The van der Waals surface area contributed by atoms with Crippen molar-refractivity contribution in [2.24, 2.45) is 0 Å². The summed E-state index contributed by atoms with van der Waals surface area (Å²) in [5.41, 5.74) is 6.40. The van der Waals surface area contributed by atoms with E-state index < -0.39 is 0 Å². The zero-order chi connectivity index (χ0) is 28.4. The number of carbonyl (C=O) groups excluding carboxylic acids is 1. The van der Waals surface area contributed by atoms with E-state index in [0.29, 0.717) is 5.69 Å². The van der Waals surface area contributed by atoms with E-state index in [4.69, 9.17) is 0 Å². The Labute approximate surface area is 236 Å². The van der Waals surface area contributed by atoms with E-state index in [1.165, 1.54) is 6.42 Å². The highest BCUT2D eigenvalue weighted by atomic mass is 16.1. The van der Waals surface area contributed by atoms with E-state index in [0.717, 1.165) is 72.3 Å². The standard InChI is InChI=1S/C30H39N9O/c1-7-8-36-9-11-37(12-10-36)25-16-24(18-31-19-25)27-20-38(35-33-27)28-14-23(17-32-22(28)3)15-29(40)26-13-21(2)39(34-26)30(4,5)6/h13-14,16-20H,7-12,15H2,1-6H3. The van der Waals surface area contributed by atoms with Crippen molar-refractivity contribution in [1.29, 1.82) is 0 Å². The molecule has 0 aliphatic carbocycles. The minimum atomic E-state index is -0.190. The molecule has 0 bridgehead atoms. The van der Waals surface area contributed by atoms with Gasteiger partial charge in [-0.1, -0.05) is 12.1 Å². The number of nitrogens with zero attached hydrogens (tertiary/aromatic N) is 9. The number of piperazine rings is 1. The van der Waals surface area contributed by atoms with Gasteiger partial charge in [-0.25, -0.2) is 4.68 Å². The number of aromatic nitrogens is 7. The van der Waals surface area contributed by atoms with Crippen LogP contribution in [0.3, 0.4) is 0 Å². The number of aryl methyl sites for hydroxylation is 2. The molecule has 10 nitrogen and oxygen atoms in total. The maximum Gasteiger partial charge on any atom is 0.187 e. The maximum absolute atomic E-state index is 13.1. The Morgan fingerprint density at radius 2 is 1.77 bits per heavy atom. The van der Waals surface area contributed by atoms with Crippen molar-refractivity contribution in [3.8, 4) is 16.9 Å². The van der Waals surface area contributed by atoms with Crippen LogP contribution in [0.1, 0.15) is 61.6 Å². The molecular weight excluding hydrogens is 502 g/mol. The molecule has 0 radical (unpaired) electrons. The van der Waals surface area contributed by atoms with Crippen LogP contribution in [0.25, 0.3) is 16.9 Å². The van der Waals surface area contributed by atoms with Crippen molar-refractivity contribution < 1.29 is 4.79 Å². The second kappa shape index (κ2) is 11.3. The van der Waals surface area contributed by atoms with Crippen LogP contribution in [0, 0.1) is 13.8 Å². The van der Waals surface area contributed by atoms with Gasteiger partial charge in [0, 0.05) is 56.3 Å². The molecule has 0 saturated carbocycles. The van der Waals surface area contributed by atoms with Crippen LogP contribution in [0.4, 0.5) is 5.69 Å². The average molecular weight is 542 g/mol. The fourth-order valence-electron chi connectivity index (χ4n) is 5.26. The highest BCUT2D eigenvalue weighted by Gasteiger charge is 2.21. The van der Waals surface area contributed by atoms with Crippen LogP contribution in [0.15, 0.2) is 43.0 Å². The van der Waals surface area contributed by atoms with Crippen LogP contribution in [0.2, 0.25) is 0 Å². The summed E-state index contributed by atoms with van der Waals surface area (Å²) in [6.07, 6.45) is 8.78. The van der Waals surface area contributed by atoms with Gasteiger partial charge in [-0.2, -0.15) is 5.10 Å². The molecule has 0 atom stereocenters. The van der Waals surface area contributed by atoms with E-state index >= 15 is 0 Å². The molecule has 4 aromatic heterocycles. The summed E-state index contributed by atoms with van der Waals surface area (Å²) in [7, 11) is 0. The third-order valence-corrected chi connectivity index (χ3v) is 7.33. The summed E-state index contributed by atoms with van der Waals surface area (Å²) in [5.74, 6) is -0.0413. The van der Waals surface area contributed by atoms with Crippen molar-refractivity contribution in [3.63, 3.8) is 0 Å². The Balaban J connectivity index is 1.32. The Bertz CT molecular complexity index is 1490. The van der Waals surface area contributed by atoms with Gasteiger partial charge in [0.05, 0.1) is 35.0 Å². The number of hydrogen-bond donors (Lipinski definition) is 0. The molecule has 0 aromatic carbocycles. The minimum absolute atomic E-state index is 0.0413. The number of carbonyl (C=O) groups is 1. The predicted octanol–water partition coefficient (Wildman–Crippen LogP) is 4.25. The monoisotopic (exact) mass is 541 g/mol. The lowest BCUT2D eigenvalue weighted by molar-refractivity contribution is 0.0986. The zero-order valence-corrected chi connectivity index (χ0v) is 24.4. The van der Waals surface area contributed by atoms with Gasteiger partial charge in [0.25, 0.3) is 0 Å². The number of pyridine rings is 2. The molecule has 5 heterocycles. The summed E-state index contributed by atoms with van der Waals surface area (Å²) in [5, 5.41) is 13.4. The van der Waals surface area contributed by atoms with Crippen molar-refractivity contribution in [3.05, 3.63) is 65.6 Å². The van der Waals surface area contributed by atoms with Crippen LogP contribution in [0.5, 0.6) is 0 Å². The minimum Gasteiger partial charge on any atom is -0.368 e. The quantitative estimate of drug-likeness (QED) is 0.306. The molecule has 1 saturated heterocycles. The molecular formula is C30H39N9O. The lowest BCUT2D eigenvalue weighted by Gasteiger charge is -2.35. The van der Waals surface area contributed by atoms with Crippen molar-refractivity contribution in [1.82, 2.24) is 39.6 Å². The fraction of sp³-hybridized carbons (Fsp3) is 0.467. The van der Waals surface area contributed by atoms with E-state index in [-0.39, 0.29) is 17.7 Å². The molecule has 0 spiro atoms. The lowest BCUT2D eigenvalue weighted by Crippen LogP contribution is -2.46. The average Bonchev–Trinajstić information content (AvgIpc) is 3.58. The fourth-order valence-corrected chi connectivity index (χ4v) is 5.26. The molecule has 4 aromatic rings. The first-order chi connectivity index (χ1) is 19.1. The summed E-state index contributed by atoms with van der Waals surface area (Å²) in [6.45, 7) is 17.6. The second-order valence-corrected chi connectivity index (χ2v) is 11.6. The van der Waals surface area contributed by atoms with E-state index in [9.17, 15) is 4.79 Å². The first kappa shape index (κ1) is 27.6. The highest BCUT2D eigenvalue weighted by Crippen LogP contribution is 2.25. The predicted molar refractivity (Wildman–Crippen MR) is 156 cm³/mol. The Kier molecular flexibility index (Phi) is 7.80. The van der Waals surface area contributed by atoms with Crippen LogP contribution in [-0.4, -0.2) is 78.1 Å². The zero-order valence-electron chi connectivity index (χ0n) is 24.4. The molecule has 210 valence electrons. The van der Waals surface area contributed by atoms with Gasteiger partial charge in [-0.05, 0) is 71.3 Å². The van der Waals surface area contributed by atoms with Gasteiger partial charge < -0.3 is 4.90 Å². The summed E-state index contributed by atoms with van der Waals surface area (Å²) in [4.78, 5) is 27.0. The Morgan fingerprint density at radius 1 is 1.00 bits per heavy atom. The molecule has 0 unspecified atom stereocenters. The van der Waals surface area contributed by atoms with Gasteiger partial charge in [0.15, 0.2) is 5.78 Å². The molecule has 1 aliphatic rings. The SMILES string of the molecule is CCCN1CCN(c2cncc(-c3cn(-c4cc(CC(=O)c5cc(C)n(C(C)(C)C)n5)cnc4C)nn3)c2)CC1. The number of rotatable bonds is 8. The van der Waals surface area contributed by atoms with Crippen LogP contribution >= 0.6 is 0 Å². The third kappa shape index (κ3) is 5.96. The van der Waals surface area contributed by atoms with Gasteiger partial charge >= 0.3 is 0 Å². The smallest absolute Gasteiger partial charge is 0.187 e. The largest absolute Gasteiger partial charge is 0.368 e. The number of anilines is 1.